The third kappa shape index (κ3) is 4.99. The van der Waals surface area contributed by atoms with Crippen molar-refractivity contribution in [1.29, 1.82) is 0 Å². The normalized spacial score (nSPS) is 11.2. The van der Waals surface area contributed by atoms with Crippen LogP contribution in [0.15, 0.2) is 0 Å². The Morgan fingerprint density at radius 2 is 2.38 bits per heavy atom. The van der Waals surface area contributed by atoms with Gasteiger partial charge in [-0.25, -0.2) is 0 Å². The van der Waals surface area contributed by atoms with Gasteiger partial charge in [0.25, 0.3) is 0 Å². The quantitative estimate of drug-likeness (QED) is 0.374. The van der Waals surface area contributed by atoms with Crippen molar-refractivity contribution in [1.82, 2.24) is 0 Å². The molecule has 1 N–H and O–H groups in total. The van der Waals surface area contributed by atoms with Crippen LogP contribution < -0.4 is 5.11 Å². The van der Waals surface area contributed by atoms with Crippen LogP contribution in [-0.2, 0) is 4.79 Å². The van der Waals surface area contributed by atoms with E-state index in [1.165, 1.54) is 6.92 Å². The van der Waals surface area contributed by atoms with Gasteiger partial charge in [-0.2, -0.15) is 0 Å². The number of hydrogen-bond acceptors (Lipinski definition) is 3. The minimum Gasteiger partial charge on any atom is -0.537 e. The van der Waals surface area contributed by atoms with Gasteiger partial charge in [-0.05, 0) is 12.8 Å². The average Bonchev–Trinajstić information content (AvgIpc) is 1.61. The van der Waals surface area contributed by atoms with Gasteiger partial charge in [-0.1, -0.05) is 5.92 Å². The van der Waals surface area contributed by atoms with Crippen LogP contribution in [0.4, 0.5) is 0 Å². The lowest BCUT2D eigenvalue weighted by Crippen LogP contribution is -2.19. The highest BCUT2D eigenvalue weighted by molar-refractivity contribution is 5.84. The Kier molecular flexibility index (Phi) is 2.67. The third-order valence-corrected chi connectivity index (χ3v) is 0.383. The van der Waals surface area contributed by atoms with E-state index in [1.54, 1.807) is 5.92 Å². The first-order valence-electron chi connectivity index (χ1n) is 2.03. The second-order valence-electron chi connectivity index (χ2n) is 1.23. The molecule has 0 amide bonds. The number of hydrogen-bond donors (Lipinski definition) is 1. The van der Waals surface area contributed by atoms with E-state index >= 15 is 0 Å². The van der Waals surface area contributed by atoms with Gasteiger partial charge >= 0.3 is 0 Å². The summed E-state index contributed by atoms with van der Waals surface area (Å²) in [7, 11) is 0. The number of rotatable bonds is 0. The highest BCUT2D eigenvalue weighted by atomic mass is 16.4. The van der Waals surface area contributed by atoms with Crippen LogP contribution in [0.2, 0.25) is 0 Å². The van der Waals surface area contributed by atoms with Crippen molar-refractivity contribution in [2.45, 2.75) is 13.0 Å². The molecule has 8 heavy (non-hydrogen) atoms. The molecule has 1 atom stereocenters. The van der Waals surface area contributed by atoms with E-state index in [0.717, 1.165) is 0 Å². The van der Waals surface area contributed by atoms with Crippen molar-refractivity contribution in [3.05, 3.63) is 0 Å². The molecule has 3 nitrogen and oxygen atoms in total. The third-order valence-electron chi connectivity index (χ3n) is 0.383. The first-order valence-corrected chi connectivity index (χ1v) is 2.03. The number of carbonyl (C=O) groups is 1. The van der Waals surface area contributed by atoms with Gasteiger partial charge in [-0.15, -0.1) is 0 Å². The summed E-state index contributed by atoms with van der Waals surface area (Å²) in [5, 5.41) is 17.8. The number of aliphatic hydroxyl groups excluding tert-OH is 1. The lowest BCUT2D eigenvalue weighted by molar-refractivity contribution is -0.295. The number of carboxylic acid groups (broad SMARTS) is 1. The van der Waals surface area contributed by atoms with Crippen LogP contribution >= 0.6 is 0 Å². The molecule has 0 bridgehead atoms. The zero-order valence-corrected chi connectivity index (χ0v) is 4.34. The zero-order valence-electron chi connectivity index (χ0n) is 4.34. The maximum absolute atomic E-state index is 9.51. The van der Waals surface area contributed by atoms with Crippen molar-refractivity contribution in [3.63, 3.8) is 0 Å². The van der Waals surface area contributed by atoms with Crippen molar-refractivity contribution in [2.24, 2.45) is 0 Å². The fourth-order valence-electron chi connectivity index (χ4n) is 0.163. The molecule has 0 fully saturated rings. The maximum atomic E-state index is 9.51. The first-order chi connectivity index (χ1) is 3.63. The summed E-state index contributed by atoms with van der Waals surface area (Å²) in [4.78, 5) is 9.51. The van der Waals surface area contributed by atoms with Crippen LogP contribution in [0.3, 0.4) is 0 Å². The molecule has 0 aromatic heterocycles. The molecule has 0 aromatic carbocycles. The molecule has 0 saturated heterocycles. The Morgan fingerprint density at radius 3 is 2.50 bits per heavy atom. The van der Waals surface area contributed by atoms with E-state index < -0.39 is 12.1 Å². The molecular weight excluding hydrogens is 108 g/mol. The molecule has 1 unspecified atom stereocenters. The monoisotopic (exact) mass is 113 g/mol. The molecule has 0 rings (SSSR count). The number of carboxylic acids is 1. The van der Waals surface area contributed by atoms with Crippen LogP contribution in [0.5, 0.6) is 0 Å². The second-order valence-corrected chi connectivity index (χ2v) is 1.23. The van der Waals surface area contributed by atoms with Crippen LogP contribution in [0.25, 0.3) is 0 Å². The second kappa shape index (κ2) is 3.05. The standard InChI is InChI=1S/C5H6O3/c1-4(6)2-3-5(7)8/h4,6H,1H3,(H,7,8)/p-1. The van der Waals surface area contributed by atoms with Gasteiger partial charge in [0.2, 0.25) is 0 Å². The van der Waals surface area contributed by atoms with E-state index in [-0.39, 0.29) is 0 Å². The van der Waals surface area contributed by atoms with Gasteiger partial charge in [0.05, 0.1) is 0 Å². The first kappa shape index (κ1) is 6.99. The van der Waals surface area contributed by atoms with E-state index in [2.05, 4.69) is 0 Å². The van der Waals surface area contributed by atoms with Crippen molar-refractivity contribution in [3.8, 4) is 11.8 Å². The van der Waals surface area contributed by atoms with Gasteiger partial charge < -0.3 is 15.0 Å². The molecule has 44 valence electrons. The smallest absolute Gasteiger partial charge is 0.116 e. The van der Waals surface area contributed by atoms with E-state index in [4.69, 9.17) is 5.11 Å². The molecule has 0 aliphatic rings. The molecule has 0 saturated carbocycles. The molecule has 0 aromatic rings. The zero-order chi connectivity index (χ0) is 6.57. The highest BCUT2D eigenvalue weighted by Gasteiger charge is 1.80. The van der Waals surface area contributed by atoms with Gasteiger partial charge in [0, 0.05) is 0 Å². The van der Waals surface area contributed by atoms with E-state index in [0.29, 0.717) is 0 Å². The minimum absolute atomic E-state index is 0.895. The van der Waals surface area contributed by atoms with Gasteiger partial charge in [-0.3, -0.25) is 0 Å². The molecular formula is C5H5O3-. The molecule has 0 aliphatic carbocycles. The predicted octanol–water partition coefficient (Wildman–Crippen LogP) is -1.88. The summed E-state index contributed by atoms with van der Waals surface area (Å²) in [6.07, 6.45) is -0.895. The molecule has 0 radical (unpaired) electrons. The SMILES string of the molecule is CC(O)C#CC(=O)[O-]. The van der Waals surface area contributed by atoms with Crippen LogP contribution in [-0.4, -0.2) is 17.2 Å². The van der Waals surface area contributed by atoms with Crippen LogP contribution in [0, 0.1) is 11.8 Å². The average molecular weight is 113 g/mol. The molecule has 0 heterocycles. The maximum Gasteiger partial charge on any atom is 0.116 e. The van der Waals surface area contributed by atoms with E-state index in [9.17, 15) is 9.90 Å². The van der Waals surface area contributed by atoms with Gasteiger partial charge in [0.15, 0.2) is 0 Å². The van der Waals surface area contributed by atoms with Crippen molar-refractivity contribution in [2.75, 3.05) is 0 Å². The largest absolute Gasteiger partial charge is 0.537 e. The summed E-state index contributed by atoms with van der Waals surface area (Å²) < 4.78 is 0. The van der Waals surface area contributed by atoms with Crippen molar-refractivity contribution < 1.29 is 15.0 Å². The summed E-state index contributed by atoms with van der Waals surface area (Å²) in [5.41, 5.74) is 0. The summed E-state index contributed by atoms with van der Waals surface area (Å²) in [6.45, 7) is 1.37. The Hall–Kier alpha value is -1.01. The summed E-state index contributed by atoms with van der Waals surface area (Å²) in [5.74, 6) is 2.17. The number of aliphatic hydroxyl groups is 1. The number of carbonyl (C=O) groups excluding carboxylic acids is 1. The topological polar surface area (TPSA) is 60.4 Å². The summed E-state index contributed by atoms with van der Waals surface area (Å²) >= 11 is 0. The Balaban J connectivity index is 3.68. The number of aliphatic carboxylic acids is 1. The van der Waals surface area contributed by atoms with E-state index in [1.807, 2.05) is 5.92 Å². The summed E-state index contributed by atoms with van der Waals surface area (Å²) in [6, 6.07) is 0. The van der Waals surface area contributed by atoms with Crippen LogP contribution in [0.1, 0.15) is 6.92 Å². The molecule has 0 aliphatic heterocycles. The Morgan fingerprint density at radius 1 is 1.88 bits per heavy atom. The lowest BCUT2D eigenvalue weighted by atomic mass is 10.4. The highest BCUT2D eigenvalue weighted by Crippen LogP contribution is 1.69. The van der Waals surface area contributed by atoms with Crippen molar-refractivity contribution >= 4 is 5.97 Å². The molecule has 0 spiro atoms. The Bertz CT molecular complexity index is 137. The Labute approximate surface area is 46.9 Å². The van der Waals surface area contributed by atoms with Gasteiger partial charge in [0.1, 0.15) is 12.1 Å². The fourth-order valence-corrected chi connectivity index (χ4v) is 0.163. The fraction of sp³-hybridized carbons (Fsp3) is 0.400. The predicted molar refractivity (Wildman–Crippen MR) is 24.5 cm³/mol. The lowest BCUT2D eigenvalue weighted by Gasteiger charge is -1.87. The minimum atomic E-state index is -1.47. The molecule has 3 heteroatoms.